The van der Waals surface area contributed by atoms with Crippen LogP contribution in [0.1, 0.15) is 25.0 Å². The van der Waals surface area contributed by atoms with Crippen LogP contribution < -0.4 is 14.9 Å². The van der Waals surface area contributed by atoms with E-state index >= 15 is 0 Å². The Labute approximate surface area is 158 Å². The molecule has 0 radical (unpaired) electrons. The number of hydrazone groups is 1. The highest BCUT2D eigenvalue weighted by molar-refractivity contribution is 7.99. The standard InChI is InChI=1S/C20H24N2O3S/c1-4-25-19-11-7-17(8-12-19)15(2)21-22-20(23)14-26-13-16-5-9-18(24-3)10-6-16/h5-12H,4,13-14H2,1-3H3,(H,22,23)/b21-15-. The Morgan fingerprint density at radius 2 is 1.73 bits per heavy atom. The maximum Gasteiger partial charge on any atom is 0.250 e. The molecule has 1 N–H and O–H groups in total. The molecule has 0 saturated carbocycles. The minimum Gasteiger partial charge on any atom is -0.497 e. The summed E-state index contributed by atoms with van der Waals surface area (Å²) in [5.41, 5.74) is 5.45. The number of ether oxygens (including phenoxy) is 2. The number of rotatable bonds is 9. The Hall–Kier alpha value is -2.47. The summed E-state index contributed by atoms with van der Waals surface area (Å²) in [6.45, 7) is 4.44. The average Bonchev–Trinajstić information content (AvgIpc) is 2.67. The second-order valence-corrected chi connectivity index (χ2v) is 6.52. The molecular formula is C20H24N2O3S. The van der Waals surface area contributed by atoms with Gasteiger partial charge in [0.05, 0.1) is 25.2 Å². The van der Waals surface area contributed by atoms with Crippen molar-refractivity contribution in [3.63, 3.8) is 0 Å². The molecule has 0 aromatic heterocycles. The normalized spacial score (nSPS) is 11.1. The van der Waals surface area contributed by atoms with Gasteiger partial charge in [0.2, 0.25) is 5.91 Å². The van der Waals surface area contributed by atoms with Crippen molar-refractivity contribution in [2.24, 2.45) is 5.10 Å². The van der Waals surface area contributed by atoms with Gasteiger partial charge in [0, 0.05) is 5.75 Å². The fourth-order valence-corrected chi connectivity index (χ4v) is 2.97. The Morgan fingerprint density at radius 3 is 2.35 bits per heavy atom. The van der Waals surface area contributed by atoms with Gasteiger partial charge in [0.15, 0.2) is 0 Å². The number of thioether (sulfide) groups is 1. The molecule has 2 aromatic rings. The third-order valence-electron chi connectivity index (χ3n) is 3.59. The number of methoxy groups -OCH3 is 1. The first-order valence-corrected chi connectivity index (χ1v) is 9.55. The van der Waals surface area contributed by atoms with Crippen LogP contribution in [0.2, 0.25) is 0 Å². The first-order valence-electron chi connectivity index (χ1n) is 8.39. The van der Waals surface area contributed by atoms with E-state index in [-0.39, 0.29) is 5.91 Å². The smallest absolute Gasteiger partial charge is 0.250 e. The zero-order valence-corrected chi connectivity index (χ0v) is 16.1. The summed E-state index contributed by atoms with van der Waals surface area (Å²) in [6, 6.07) is 15.5. The molecule has 0 heterocycles. The van der Waals surface area contributed by atoms with Crippen LogP contribution in [-0.4, -0.2) is 31.1 Å². The number of carbonyl (C=O) groups excluding carboxylic acids is 1. The molecule has 26 heavy (non-hydrogen) atoms. The summed E-state index contributed by atoms with van der Waals surface area (Å²) in [5.74, 6) is 2.65. The van der Waals surface area contributed by atoms with E-state index in [0.29, 0.717) is 12.4 Å². The van der Waals surface area contributed by atoms with Crippen LogP contribution in [-0.2, 0) is 10.5 Å². The van der Waals surface area contributed by atoms with Crippen molar-refractivity contribution in [1.29, 1.82) is 0 Å². The van der Waals surface area contributed by atoms with Gasteiger partial charge in [-0.1, -0.05) is 12.1 Å². The highest BCUT2D eigenvalue weighted by Gasteiger charge is 2.03. The lowest BCUT2D eigenvalue weighted by Gasteiger charge is -2.06. The quantitative estimate of drug-likeness (QED) is 0.536. The first-order chi connectivity index (χ1) is 12.6. The lowest BCUT2D eigenvalue weighted by atomic mass is 10.1. The molecule has 0 bridgehead atoms. The molecule has 0 unspecified atom stereocenters. The molecule has 0 aliphatic rings. The summed E-state index contributed by atoms with van der Waals surface area (Å²) in [6.07, 6.45) is 0. The van der Waals surface area contributed by atoms with E-state index in [1.54, 1.807) is 18.9 Å². The van der Waals surface area contributed by atoms with Crippen LogP contribution in [0.25, 0.3) is 0 Å². The summed E-state index contributed by atoms with van der Waals surface area (Å²) < 4.78 is 10.5. The predicted molar refractivity (Wildman–Crippen MR) is 107 cm³/mol. The summed E-state index contributed by atoms with van der Waals surface area (Å²) in [7, 11) is 1.64. The van der Waals surface area contributed by atoms with E-state index in [4.69, 9.17) is 9.47 Å². The van der Waals surface area contributed by atoms with Crippen LogP contribution in [0.15, 0.2) is 53.6 Å². The van der Waals surface area contributed by atoms with Crippen molar-refractivity contribution in [3.05, 3.63) is 59.7 Å². The second kappa shape index (κ2) is 10.5. The monoisotopic (exact) mass is 372 g/mol. The van der Waals surface area contributed by atoms with Gasteiger partial charge in [-0.05, 0) is 61.4 Å². The highest BCUT2D eigenvalue weighted by atomic mass is 32.2. The lowest BCUT2D eigenvalue weighted by Crippen LogP contribution is -2.21. The Kier molecular flexibility index (Phi) is 8.02. The maximum atomic E-state index is 11.9. The summed E-state index contributed by atoms with van der Waals surface area (Å²) >= 11 is 1.54. The van der Waals surface area contributed by atoms with Crippen LogP contribution in [0.5, 0.6) is 11.5 Å². The van der Waals surface area contributed by atoms with E-state index in [1.807, 2.05) is 62.4 Å². The van der Waals surface area contributed by atoms with Crippen molar-refractivity contribution < 1.29 is 14.3 Å². The zero-order chi connectivity index (χ0) is 18.8. The molecule has 0 spiro atoms. The summed E-state index contributed by atoms with van der Waals surface area (Å²) in [5, 5.41) is 4.16. The van der Waals surface area contributed by atoms with E-state index in [9.17, 15) is 4.79 Å². The molecule has 138 valence electrons. The molecule has 0 saturated heterocycles. The molecular weight excluding hydrogens is 348 g/mol. The third kappa shape index (κ3) is 6.44. The number of hydrogen-bond acceptors (Lipinski definition) is 5. The Morgan fingerprint density at radius 1 is 1.08 bits per heavy atom. The van der Waals surface area contributed by atoms with Crippen LogP contribution in [0.4, 0.5) is 0 Å². The molecule has 0 atom stereocenters. The van der Waals surface area contributed by atoms with E-state index in [0.717, 1.165) is 34.1 Å². The van der Waals surface area contributed by atoms with Gasteiger partial charge in [0.1, 0.15) is 11.5 Å². The minimum absolute atomic E-state index is 0.117. The van der Waals surface area contributed by atoms with Crippen molar-refractivity contribution in [2.45, 2.75) is 19.6 Å². The summed E-state index contributed by atoms with van der Waals surface area (Å²) in [4.78, 5) is 11.9. The molecule has 1 amide bonds. The van der Waals surface area contributed by atoms with Gasteiger partial charge in [-0.25, -0.2) is 5.43 Å². The SMILES string of the molecule is CCOc1ccc(/C(C)=N\NC(=O)CSCc2ccc(OC)cc2)cc1. The topological polar surface area (TPSA) is 59.9 Å². The fraction of sp³-hybridized carbons (Fsp3) is 0.300. The Bertz CT molecular complexity index is 728. The number of benzene rings is 2. The molecule has 2 aromatic carbocycles. The molecule has 0 aliphatic carbocycles. The molecule has 2 rings (SSSR count). The fourth-order valence-electron chi connectivity index (χ4n) is 2.19. The van der Waals surface area contributed by atoms with Gasteiger partial charge in [-0.2, -0.15) is 5.10 Å². The number of amides is 1. The highest BCUT2D eigenvalue weighted by Crippen LogP contribution is 2.16. The predicted octanol–water partition coefficient (Wildman–Crippen LogP) is 3.87. The van der Waals surface area contributed by atoms with E-state index < -0.39 is 0 Å². The van der Waals surface area contributed by atoms with Gasteiger partial charge in [-0.15, -0.1) is 11.8 Å². The minimum atomic E-state index is -0.117. The maximum absolute atomic E-state index is 11.9. The van der Waals surface area contributed by atoms with E-state index in [1.165, 1.54) is 0 Å². The molecule has 0 fully saturated rings. The Balaban J connectivity index is 1.76. The molecule has 6 heteroatoms. The van der Waals surface area contributed by atoms with Gasteiger partial charge in [0.25, 0.3) is 0 Å². The van der Waals surface area contributed by atoms with Gasteiger partial charge >= 0.3 is 0 Å². The lowest BCUT2D eigenvalue weighted by molar-refractivity contribution is -0.118. The number of nitrogens with one attached hydrogen (secondary N) is 1. The number of nitrogens with zero attached hydrogens (tertiary/aromatic N) is 1. The van der Waals surface area contributed by atoms with E-state index in [2.05, 4.69) is 10.5 Å². The number of carbonyl (C=O) groups is 1. The molecule has 0 aliphatic heterocycles. The van der Waals surface area contributed by atoms with Crippen molar-refractivity contribution in [1.82, 2.24) is 5.43 Å². The molecule has 5 nitrogen and oxygen atoms in total. The van der Waals surface area contributed by atoms with Gasteiger partial charge in [-0.3, -0.25) is 4.79 Å². The largest absolute Gasteiger partial charge is 0.497 e. The van der Waals surface area contributed by atoms with Gasteiger partial charge < -0.3 is 9.47 Å². The van der Waals surface area contributed by atoms with Crippen LogP contribution in [0, 0.1) is 0 Å². The number of hydrogen-bond donors (Lipinski definition) is 1. The average molecular weight is 372 g/mol. The second-order valence-electron chi connectivity index (χ2n) is 5.53. The zero-order valence-electron chi connectivity index (χ0n) is 15.3. The first kappa shape index (κ1) is 19.8. The van der Waals surface area contributed by atoms with Crippen LogP contribution >= 0.6 is 11.8 Å². The van der Waals surface area contributed by atoms with Crippen molar-refractivity contribution in [3.8, 4) is 11.5 Å². The van der Waals surface area contributed by atoms with Crippen LogP contribution in [0.3, 0.4) is 0 Å². The van der Waals surface area contributed by atoms with Crippen molar-refractivity contribution >= 4 is 23.4 Å². The third-order valence-corrected chi connectivity index (χ3v) is 4.60. The van der Waals surface area contributed by atoms with Crippen molar-refractivity contribution in [2.75, 3.05) is 19.5 Å².